The second kappa shape index (κ2) is 37.7. The lowest BCUT2D eigenvalue weighted by molar-refractivity contribution is -0.344. The molecule has 0 amide bonds. The lowest BCUT2D eigenvalue weighted by Crippen LogP contribution is -2.53. The Morgan fingerprint density at radius 2 is 0.600 bits per heavy atom. The van der Waals surface area contributed by atoms with Gasteiger partial charge in [0.1, 0.15) is 13.2 Å². The first-order valence-electron chi connectivity index (χ1n) is 28.8. The summed E-state index contributed by atoms with van der Waals surface area (Å²) >= 11 is 0. The summed E-state index contributed by atoms with van der Waals surface area (Å²) in [6.07, 6.45) is 37.3. The SMILES string of the molecule is CCCCCCCCCC(CCCCCCCCC)C(=O)OCC1O[C@@H](O[C@@H]2OC(COC(=O)C(CCCCCCCCC)CCCCCCCCC)[C@H](C)[C@H](C)C2C)C(C)[C@@H](C)[C@H]1C. The van der Waals surface area contributed by atoms with Crippen LogP contribution in [0.1, 0.15) is 275 Å². The van der Waals surface area contributed by atoms with Gasteiger partial charge in [0.15, 0.2) is 12.6 Å². The summed E-state index contributed by atoms with van der Waals surface area (Å²) in [6.45, 7) is 23.0. The van der Waals surface area contributed by atoms with Crippen molar-refractivity contribution in [3.8, 4) is 0 Å². The molecule has 384 valence electrons. The van der Waals surface area contributed by atoms with E-state index in [4.69, 9.17) is 23.7 Å². The van der Waals surface area contributed by atoms with Crippen molar-refractivity contribution in [3.63, 3.8) is 0 Å². The molecule has 2 rings (SSSR count). The third-order valence-electron chi connectivity index (χ3n) is 16.3. The first kappa shape index (κ1) is 59.9. The van der Waals surface area contributed by atoms with Crippen LogP contribution in [0.4, 0.5) is 0 Å². The van der Waals surface area contributed by atoms with Crippen molar-refractivity contribution in [2.75, 3.05) is 13.2 Å². The number of carbonyl (C=O) groups is 2. The van der Waals surface area contributed by atoms with Crippen molar-refractivity contribution in [1.29, 1.82) is 0 Å². The molecule has 2 heterocycles. The standard InChI is InChI=1S/C58H110O7/c1-11-15-19-23-27-31-35-39-51(40-36-32-28-24-20-16-12-2)55(59)61-43-53-47(7)45(5)49(9)57(63-53)65-58-50(10)46(6)48(8)54(64-58)44-62-56(60)52(41-37-33-29-25-21-17-13-3)42-38-34-30-26-22-18-14-4/h45-54,57-58H,11-44H2,1-10H3/t45-,46-,47+,48+,49?,50?,53?,54?,57-,58-/m0/s1. The molecule has 10 atom stereocenters. The molecule has 0 aromatic rings. The van der Waals surface area contributed by atoms with Gasteiger partial charge in [-0.3, -0.25) is 9.59 Å². The van der Waals surface area contributed by atoms with Crippen LogP contribution < -0.4 is 0 Å². The fraction of sp³-hybridized carbons (Fsp3) is 0.966. The van der Waals surface area contributed by atoms with Crippen LogP contribution in [-0.2, 0) is 33.3 Å². The Bertz CT molecular complexity index is 1020. The van der Waals surface area contributed by atoms with Crippen LogP contribution >= 0.6 is 0 Å². The zero-order chi connectivity index (χ0) is 47.7. The Balaban J connectivity index is 2.02. The molecular weight excluding hydrogens is 809 g/mol. The molecule has 0 radical (unpaired) electrons. The van der Waals surface area contributed by atoms with E-state index in [0.29, 0.717) is 11.8 Å². The van der Waals surface area contributed by atoms with Crippen molar-refractivity contribution in [2.24, 2.45) is 47.3 Å². The van der Waals surface area contributed by atoms with Gasteiger partial charge >= 0.3 is 11.9 Å². The first-order chi connectivity index (χ1) is 31.5. The predicted molar refractivity (Wildman–Crippen MR) is 273 cm³/mol. The zero-order valence-electron chi connectivity index (χ0n) is 44.8. The van der Waals surface area contributed by atoms with Crippen LogP contribution in [0.3, 0.4) is 0 Å². The van der Waals surface area contributed by atoms with E-state index >= 15 is 0 Å². The molecule has 7 heteroatoms. The maximum Gasteiger partial charge on any atom is 0.309 e. The molecule has 65 heavy (non-hydrogen) atoms. The predicted octanol–water partition coefficient (Wildman–Crippen LogP) is 17.2. The van der Waals surface area contributed by atoms with Crippen molar-refractivity contribution < 1.29 is 33.3 Å². The summed E-state index contributed by atoms with van der Waals surface area (Å²) in [5.74, 6) is 1.17. The lowest BCUT2D eigenvalue weighted by atomic mass is 9.78. The largest absolute Gasteiger partial charge is 0.463 e. The third-order valence-corrected chi connectivity index (χ3v) is 16.3. The van der Waals surface area contributed by atoms with Crippen molar-refractivity contribution in [2.45, 2.75) is 299 Å². The minimum Gasteiger partial charge on any atom is -0.463 e. The molecule has 0 aliphatic carbocycles. The molecule has 0 spiro atoms. The molecule has 0 aromatic carbocycles. The minimum absolute atomic E-state index is 0.0366. The van der Waals surface area contributed by atoms with Gasteiger partial charge in [0.05, 0.1) is 24.0 Å². The molecule has 2 saturated heterocycles. The van der Waals surface area contributed by atoms with Crippen LogP contribution in [0.5, 0.6) is 0 Å². The highest BCUT2D eigenvalue weighted by Crippen LogP contribution is 2.41. The quantitative estimate of drug-likeness (QED) is 0.0447. The number of hydrogen-bond acceptors (Lipinski definition) is 7. The van der Waals surface area contributed by atoms with E-state index in [1.807, 2.05) is 0 Å². The lowest BCUT2D eigenvalue weighted by Gasteiger charge is -2.48. The maximum absolute atomic E-state index is 13.8. The fourth-order valence-corrected chi connectivity index (χ4v) is 10.5. The van der Waals surface area contributed by atoms with Crippen LogP contribution in [-0.4, -0.2) is 49.9 Å². The topological polar surface area (TPSA) is 80.3 Å². The van der Waals surface area contributed by atoms with Crippen LogP contribution in [0, 0.1) is 47.3 Å². The average Bonchev–Trinajstić information content (AvgIpc) is 3.30. The highest BCUT2D eigenvalue weighted by atomic mass is 16.8. The van der Waals surface area contributed by atoms with Gasteiger partial charge in [0.2, 0.25) is 0 Å². The Morgan fingerprint density at radius 1 is 0.354 bits per heavy atom. The summed E-state index contributed by atoms with van der Waals surface area (Å²) in [5.41, 5.74) is 0. The van der Waals surface area contributed by atoms with Gasteiger partial charge in [-0.1, -0.05) is 249 Å². The average molecular weight is 920 g/mol. The number of carbonyl (C=O) groups excluding carboxylic acids is 2. The zero-order valence-corrected chi connectivity index (χ0v) is 44.8. The van der Waals surface area contributed by atoms with E-state index in [2.05, 4.69) is 69.2 Å². The molecule has 7 nitrogen and oxygen atoms in total. The van der Waals surface area contributed by atoms with E-state index < -0.39 is 12.6 Å². The van der Waals surface area contributed by atoms with E-state index in [-0.39, 0.29) is 72.9 Å². The van der Waals surface area contributed by atoms with Gasteiger partial charge in [-0.2, -0.15) is 0 Å². The Morgan fingerprint density at radius 3 is 0.862 bits per heavy atom. The van der Waals surface area contributed by atoms with Crippen molar-refractivity contribution >= 4 is 11.9 Å². The maximum atomic E-state index is 13.8. The van der Waals surface area contributed by atoms with Crippen molar-refractivity contribution in [3.05, 3.63) is 0 Å². The molecule has 0 saturated carbocycles. The Kier molecular flexibility index (Phi) is 34.7. The van der Waals surface area contributed by atoms with E-state index in [1.54, 1.807) is 0 Å². The van der Waals surface area contributed by atoms with Gasteiger partial charge < -0.3 is 23.7 Å². The van der Waals surface area contributed by atoms with Gasteiger partial charge in [0, 0.05) is 11.8 Å². The summed E-state index contributed by atoms with van der Waals surface area (Å²) in [5, 5.41) is 0. The van der Waals surface area contributed by atoms with Crippen LogP contribution in [0.15, 0.2) is 0 Å². The first-order valence-corrected chi connectivity index (χ1v) is 28.8. The van der Waals surface area contributed by atoms with Crippen molar-refractivity contribution in [1.82, 2.24) is 0 Å². The summed E-state index contributed by atoms with van der Waals surface area (Å²) < 4.78 is 32.8. The van der Waals surface area contributed by atoms with Crippen LogP contribution in [0.2, 0.25) is 0 Å². The highest BCUT2D eigenvalue weighted by Gasteiger charge is 2.46. The monoisotopic (exact) mass is 919 g/mol. The molecule has 0 aromatic heterocycles. The second-order valence-electron chi connectivity index (χ2n) is 21.7. The molecular formula is C58H110O7. The van der Waals surface area contributed by atoms with E-state index in [0.717, 1.165) is 51.4 Å². The number of rotatable bonds is 40. The second-order valence-corrected chi connectivity index (χ2v) is 21.7. The Labute approximate surface area is 403 Å². The van der Waals surface area contributed by atoms with E-state index in [9.17, 15) is 9.59 Å². The molecule has 2 aliphatic heterocycles. The smallest absolute Gasteiger partial charge is 0.309 e. The molecule has 4 unspecified atom stereocenters. The minimum atomic E-state index is -0.481. The summed E-state index contributed by atoms with van der Waals surface area (Å²) in [4.78, 5) is 27.6. The van der Waals surface area contributed by atoms with Gasteiger partial charge in [-0.05, 0) is 49.4 Å². The summed E-state index contributed by atoms with van der Waals surface area (Å²) in [7, 11) is 0. The summed E-state index contributed by atoms with van der Waals surface area (Å²) in [6, 6.07) is 0. The molecule has 2 fully saturated rings. The Hall–Kier alpha value is -1.18. The molecule has 0 N–H and O–H groups in total. The molecule has 2 aliphatic rings. The highest BCUT2D eigenvalue weighted by molar-refractivity contribution is 5.72. The normalized spacial score (nSPS) is 26.0. The van der Waals surface area contributed by atoms with Crippen LogP contribution in [0.25, 0.3) is 0 Å². The third kappa shape index (κ3) is 24.8. The van der Waals surface area contributed by atoms with Gasteiger partial charge in [0.25, 0.3) is 0 Å². The number of unbranched alkanes of at least 4 members (excludes halogenated alkanes) is 24. The van der Waals surface area contributed by atoms with Gasteiger partial charge in [-0.25, -0.2) is 0 Å². The molecule has 0 bridgehead atoms. The number of hydrogen-bond donors (Lipinski definition) is 0. The number of esters is 2. The van der Waals surface area contributed by atoms with E-state index in [1.165, 1.54) is 154 Å². The fourth-order valence-electron chi connectivity index (χ4n) is 10.5. The number of ether oxygens (including phenoxy) is 5. The van der Waals surface area contributed by atoms with Gasteiger partial charge in [-0.15, -0.1) is 0 Å².